The van der Waals surface area contributed by atoms with Crippen LogP contribution in [0.2, 0.25) is 0 Å². The number of benzene rings is 1. The van der Waals surface area contributed by atoms with Crippen molar-refractivity contribution in [2.24, 2.45) is 0 Å². The highest BCUT2D eigenvalue weighted by Gasteiger charge is 2.11. The number of ether oxygens (including phenoxy) is 1. The molecule has 0 aliphatic carbocycles. The van der Waals surface area contributed by atoms with Crippen molar-refractivity contribution >= 4 is 9.84 Å². The van der Waals surface area contributed by atoms with Gasteiger partial charge in [0.25, 0.3) is 0 Å². The van der Waals surface area contributed by atoms with Crippen molar-refractivity contribution in [3.63, 3.8) is 0 Å². The first-order valence-corrected chi connectivity index (χ1v) is 8.34. The summed E-state index contributed by atoms with van der Waals surface area (Å²) in [6.45, 7) is 0.164. The molecule has 0 radical (unpaired) electrons. The van der Waals surface area contributed by atoms with E-state index in [0.29, 0.717) is 23.0 Å². The quantitative estimate of drug-likeness (QED) is 0.719. The van der Waals surface area contributed by atoms with Crippen LogP contribution in [0.3, 0.4) is 0 Å². The Morgan fingerprint density at radius 3 is 2.73 bits per heavy atom. The van der Waals surface area contributed by atoms with E-state index in [1.807, 2.05) is 0 Å². The second kappa shape index (κ2) is 5.69. The largest absolute Gasteiger partial charge is 0.487 e. The Hall–Kier alpha value is -2.54. The summed E-state index contributed by atoms with van der Waals surface area (Å²) in [7, 11) is -3.26. The zero-order valence-corrected chi connectivity index (χ0v) is 12.5. The monoisotopic (exact) mass is 319 g/mol. The molecule has 22 heavy (non-hydrogen) atoms. The Bertz CT molecular complexity index is 865. The predicted octanol–water partition coefficient (Wildman–Crippen LogP) is 2.92. The third kappa shape index (κ3) is 3.20. The van der Waals surface area contributed by atoms with Gasteiger partial charge in [-0.15, -0.1) is 0 Å². The number of hydrogen-bond acceptors (Lipinski definition) is 6. The second-order valence-corrected chi connectivity index (χ2v) is 6.71. The van der Waals surface area contributed by atoms with Crippen LogP contribution in [0.5, 0.6) is 5.75 Å². The van der Waals surface area contributed by atoms with E-state index in [9.17, 15) is 8.42 Å². The van der Waals surface area contributed by atoms with Crippen molar-refractivity contribution in [1.82, 2.24) is 5.16 Å². The van der Waals surface area contributed by atoms with Gasteiger partial charge in [-0.3, -0.25) is 0 Å². The molecule has 0 fully saturated rings. The van der Waals surface area contributed by atoms with E-state index in [2.05, 4.69) is 5.16 Å². The first kappa shape index (κ1) is 14.4. The van der Waals surface area contributed by atoms with Gasteiger partial charge in [-0.1, -0.05) is 11.2 Å². The van der Waals surface area contributed by atoms with E-state index >= 15 is 0 Å². The average molecular weight is 319 g/mol. The molecule has 0 unspecified atom stereocenters. The van der Waals surface area contributed by atoms with E-state index in [1.54, 1.807) is 36.6 Å². The molecule has 0 aliphatic rings. The fourth-order valence-electron chi connectivity index (χ4n) is 1.87. The molecular weight excluding hydrogens is 306 g/mol. The summed E-state index contributed by atoms with van der Waals surface area (Å²) in [6, 6.07) is 11.5. The molecule has 0 spiro atoms. The molecule has 114 valence electrons. The molecule has 2 heterocycles. The average Bonchev–Trinajstić information content (AvgIpc) is 3.15. The third-order valence-electron chi connectivity index (χ3n) is 2.94. The molecule has 7 heteroatoms. The topological polar surface area (TPSA) is 82.5 Å². The van der Waals surface area contributed by atoms with Gasteiger partial charge in [0.05, 0.1) is 11.2 Å². The van der Waals surface area contributed by atoms with E-state index in [-0.39, 0.29) is 11.5 Å². The predicted molar refractivity (Wildman–Crippen MR) is 78.1 cm³/mol. The lowest BCUT2D eigenvalue weighted by Gasteiger charge is -2.05. The van der Waals surface area contributed by atoms with Crippen molar-refractivity contribution in [3.05, 3.63) is 54.4 Å². The summed E-state index contributed by atoms with van der Waals surface area (Å²) < 4.78 is 38.9. The standard InChI is InChI=1S/C15H13NO5S/c1-22(17,18)13-5-2-4-12(9-13)20-10-11-8-15(21-16-11)14-6-3-7-19-14/h2-9H,10H2,1H3. The van der Waals surface area contributed by atoms with Crippen LogP contribution in [-0.4, -0.2) is 19.8 Å². The van der Waals surface area contributed by atoms with Crippen LogP contribution in [0.1, 0.15) is 5.69 Å². The zero-order chi connectivity index (χ0) is 15.6. The van der Waals surface area contributed by atoms with Gasteiger partial charge in [0.2, 0.25) is 5.76 Å². The highest BCUT2D eigenvalue weighted by molar-refractivity contribution is 7.90. The van der Waals surface area contributed by atoms with Gasteiger partial charge in [-0.05, 0) is 30.3 Å². The van der Waals surface area contributed by atoms with Gasteiger partial charge in [0.15, 0.2) is 15.6 Å². The molecule has 1 aromatic carbocycles. The molecule has 0 N–H and O–H groups in total. The maximum absolute atomic E-state index is 11.5. The Morgan fingerprint density at radius 2 is 2.00 bits per heavy atom. The van der Waals surface area contributed by atoms with Gasteiger partial charge in [0, 0.05) is 12.3 Å². The molecular formula is C15H13NO5S. The summed E-state index contributed by atoms with van der Waals surface area (Å²) in [4.78, 5) is 0.210. The summed E-state index contributed by atoms with van der Waals surface area (Å²) in [5.74, 6) is 1.54. The molecule has 3 rings (SSSR count). The molecule has 2 aromatic heterocycles. The summed E-state index contributed by atoms with van der Waals surface area (Å²) in [6.07, 6.45) is 2.70. The highest BCUT2D eigenvalue weighted by atomic mass is 32.2. The van der Waals surface area contributed by atoms with Crippen LogP contribution in [0.4, 0.5) is 0 Å². The first-order chi connectivity index (χ1) is 10.5. The van der Waals surface area contributed by atoms with Crippen LogP contribution >= 0.6 is 0 Å². The maximum atomic E-state index is 11.5. The fourth-order valence-corrected chi connectivity index (χ4v) is 2.52. The van der Waals surface area contributed by atoms with E-state index in [0.717, 1.165) is 6.26 Å². The number of nitrogens with zero attached hydrogens (tertiary/aromatic N) is 1. The minimum atomic E-state index is -3.26. The number of rotatable bonds is 5. The Balaban J connectivity index is 1.71. The molecule has 6 nitrogen and oxygen atoms in total. The number of hydrogen-bond donors (Lipinski definition) is 0. The molecule has 0 bridgehead atoms. The first-order valence-electron chi connectivity index (χ1n) is 6.45. The normalized spacial score (nSPS) is 11.5. The summed E-state index contributed by atoms with van der Waals surface area (Å²) in [5, 5.41) is 3.88. The molecule has 0 saturated heterocycles. The Kier molecular flexibility index (Phi) is 3.72. The van der Waals surface area contributed by atoms with Crippen LogP contribution in [-0.2, 0) is 16.4 Å². The third-order valence-corrected chi connectivity index (χ3v) is 4.05. The van der Waals surface area contributed by atoms with Crippen molar-refractivity contribution < 1.29 is 22.1 Å². The van der Waals surface area contributed by atoms with Crippen LogP contribution < -0.4 is 4.74 Å². The molecule has 0 amide bonds. The maximum Gasteiger partial charge on any atom is 0.202 e. The molecule has 0 atom stereocenters. The number of furan rings is 1. The fraction of sp³-hybridized carbons (Fsp3) is 0.133. The molecule has 3 aromatic rings. The van der Waals surface area contributed by atoms with Crippen molar-refractivity contribution in [1.29, 1.82) is 0 Å². The lowest BCUT2D eigenvalue weighted by molar-refractivity contribution is 0.289. The van der Waals surface area contributed by atoms with Gasteiger partial charge in [-0.2, -0.15) is 0 Å². The van der Waals surface area contributed by atoms with Crippen molar-refractivity contribution in [2.45, 2.75) is 11.5 Å². The van der Waals surface area contributed by atoms with E-state index in [1.165, 1.54) is 12.1 Å². The zero-order valence-electron chi connectivity index (χ0n) is 11.7. The lowest BCUT2D eigenvalue weighted by atomic mass is 10.3. The molecule has 0 aliphatic heterocycles. The van der Waals surface area contributed by atoms with Gasteiger partial charge < -0.3 is 13.7 Å². The number of aromatic nitrogens is 1. The van der Waals surface area contributed by atoms with Gasteiger partial charge >= 0.3 is 0 Å². The minimum absolute atomic E-state index is 0.164. The van der Waals surface area contributed by atoms with Gasteiger partial charge in [0.1, 0.15) is 18.1 Å². The SMILES string of the molecule is CS(=O)(=O)c1cccc(OCc2cc(-c3ccco3)on2)c1. The van der Waals surface area contributed by atoms with Crippen LogP contribution in [0.15, 0.2) is 62.6 Å². The van der Waals surface area contributed by atoms with Crippen LogP contribution in [0, 0.1) is 0 Å². The minimum Gasteiger partial charge on any atom is -0.487 e. The van der Waals surface area contributed by atoms with Crippen molar-refractivity contribution in [2.75, 3.05) is 6.26 Å². The summed E-state index contributed by atoms with van der Waals surface area (Å²) in [5.41, 5.74) is 0.580. The van der Waals surface area contributed by atoms with E-state index < -0.39 is 9.84 Å². The Morgan fingerprint density at radius 1 is 1.14 bits per heavy atom. The smallest absolute Gasteiger partial charge is 0.202 e. The lowest BCUT2D eigenvalue weighted by Crippen LogP contribution is -1.99. The highest BCUT2D eigenvalue weighted by Crippen LogP contribution is 2.22. The molecule has 0 saturated carbocycles. The van der Waals surface area contributed by atoms with Crippen molar-refractivity contribution in [3.8, 4) is 17.3 Å². The Labute approximate surface area is 127 Å². The van der Waals surface area contributed by atoms with Gasteiger partial charge in [-0.25, -0.2) is 8.42 Å². The second-order valence-electron chi connectivity index (χ2n) is 4.70. The summed E-state index contributed by atoms with van der Waals surface area (Å²) >= 11 is 0. The van der Waals surface area contributed by atoms with E-state index in [4.69, 9.17) is 13.7 Å². The van der Waals surface area contributed by atoms with Crippen LogP contribution in [0.25, 0.3) is 11.5 Å². The number of sulfone groups is 1.